The van der Waals surface area contributed by atoms with Crippen molar-refractivity contribution in [3.05, 3.63) is 22.2 Å². The Kier molecular flexibility index (Phi) is 3.43. The third-order valence-corrected chi connectivity index (χ3v) is 4.21. The van der Waals surface area contributed by atoms with Gasteiger partial charge in [-0.05, 0) is 25.5 Å². The molecule has 0 aliphatic carbocycles. The third kappa shape index (κ3) is 2.40. The Hall–Kier alpha value is -1.89. The first-order chi connectivity index (χ1) is 9.65. The number of piperidine rings is 1. The lowest BCUT2D eigenvalue weighted by Crippen LogP contribution is -2.55. The molecule has 1 atom stereocenters. The number of piperazine rings is 1. The summed E-state index contributed by atoms with van der Waals surface area (Å²) in [6.07, 6.45) is 3.65. The minimum absolute atomic E-state index is 0.0449. The number of nitrogen functional groups attached to an aromatic ring is 1. The number of nitrogens with two attached hydrogens (primary N) is 1. The van der Waals surface area contributed by atoms with Gasteiger partial charge in [0, 0.05) is 31.7 Å². The summed E-state index contributed by atoms with van der Waals surface area (Å²) in [5, 5.41) is 11.1. The minimum Gasteiger partial charge on any atom is -0.384 e. The first-order valence-electron chi connectivity index (χ1n) is 7.05. The summed E-state index contributed by atoms with van der Waals surface area (Å²) in [7, 11) is 0. The molecule has 7 heteroatoms. The summed E-state index contributed by atoms with van der Waals surface area (Å²) < 4.78 is 0. The second kappa shape index (κ2) is 5.24. The predicted molar refractivity (Wildman–Crippen MR) is 76.7 cm³/mol. The molecule has 2 aliphatic heterocycles. The third-order valence-electron chi connectivity index (χ3n) is 4.21. The van der Waals surface area contributed by atoms with E-state index in [4.69, 9.17) is 5.73 Å². The molecule has 0 aromatic carbocycles. The van der Waals surface area contributed by atoms with Gasteiger partial charge in [-0.2, -0.15) is 0 Å². The van der Waals surface area contributed by atoms with Crippen LogP contribution in [0.2, 0.25) is 0 Å². The molecule has 1 aromatic rings. The highest BCUT2D eigenvalue weighted by atomic mass is 16.6. The van der Waals surface area contributed by atoms with Crippen molar-refractivity contribution in [2.45, 2.75) is 25.3 Å². The molecular weight excluding hydrogens is 258 g/mol. The predicted octanol–water partition coefficient (Wildman–Crippen LogP) is 1.25. The van der Waals surface area contributed by atoms with Crippen molar-refractivity contribution in [3.8, 4) is 0 Å². The molecule has 2 N–H and O–H groups in total. The molecular formula is C13H19N5O2. The number of rotatable bonds is 2. The van der Waals surface area contributed by atoms with Crippen molar-refractivity contribution >= 4 is 17.3 Å². The maximum Gasteiger partial charge on any atom is 0.311 e. The zero-order chi connectivity index (χ0) is 14.1. The Morgan fingerprint density at radius 1 is 1.30 bits per heavy atom. The normalized spacial score (nSPS) is 23.4. The van der Waals surface area contributed by atoms with Gasteiger partial charge in [0.05, 0.1) is 4.92 Å². The lowest BCUT2D eigenvalue weighted by Gasteiger charge is -2.44. The SMILES string of the molecule is Nc1ccc([N+](=O)[O-])c(N2CCN3CCCCC3C2)n1. The summed E-state index contributed by atoms with van der Waals surface area (Å²) in [6.45, 7) is 3.66. The molecule has 3 rings (SSSR count). The molecule has 108 valence electrons. The number of hydrogen-bond acceptors (Lipinski definition) is 6. The molecule has 1 aromatic heterocycles. The Balaban J connectivity index is 1.85. The van der Waals surface area contributed by atoms with Crippen molar-refractivity contribution in [2.24, 2.45) is 0 Å². The highest BCUT2D eigenvalue weighted by Gasteiger charge is 2.32. The molecule has 0 amide bonds. The van der Waals surface area contributed by atoms with Crippen LogP contribution in [0.4, 0.5) is 17.3 Å². The summed E-state index contributed by atoms with van der Waals surface area (Å²) in [4.78, 5) is 19.5. The first kappa shape index (κ1) is 13.1. The number of pyridine rings is 1. The fourth-order valence-electron chi connectivity index (χ4n) is 3.18. The van der Waals surface area contributed by atoms with Crippen LogP contribution < -0.4 is 10.6 Å². The van der Waals surface area contributed by atoms with Crippen molar-refractivity contribution in [1.29, 1.82) is 0 Å². The van der Waals surface area contributed by atoms with Crippen LogP contribution in [0.3, 0.4) is 0 Å². The van der Waals surface area contributed by atoms with Crippen LogP contribution in [0, 0.1) is 10.1 Å². The van der Waals surface area contributed by atoms with Gasteiger partial charge in [0.25, 0.3) is 0 Å². The standard InChI is InChI=1S/C13H19N5O2/c14-12-5-4-11(18(19)20)13(15-12)17-8-7-16-6-2-1-3-10(16)9-17/h4-5,10H,1-3,6-9H2,(H2,14,15). The van der Waals surface area contributed by atoms with Crippen molar-refractivity contribution in [2.75, 3.05) is 36.8 Å². The van der Waals surface area contributed by atoms with Gasteiger partial charge in [-0.1, -0.05) is 6.42 Å². The summed E-state index contributed by atoms with van der Waals surface area (Å²) >= 11 is 0. The van der Waals surface area contributed by atoms with Gasteiger partial charge in [0.1, 0.15) is 5.82 Å². The van der Waals surface area contributed by atoms with E-state index in [-0.39, 0.29) is 10.6 Å². The van der Waals surface area contributed by atoms with Gasteiger partial charge in [-0.25, -0.2) is 4.98 Å². The van der Waals surface area contributed by atoms with Crippen LogP contribution in [0.5, 0.6) is 0 Å². The topological polar surface area (TPSA) is 88.5 Å². The second-order valence-electron chi connectivity index (χ2n) is 5.47. The number of aromatic nitrogens is 1. The van der Waals surface area contributed by atoms with Crippen LogP contribution in [0.15, 0.2) is 12.1 Å². The van der Waals surface area contributed by atoms with E-state index in [2.05, 4.69) is 9.88 Å². The minimum atomic E-state index is -0.380. The zero-order valence-corrected chi connectivity index (χ0v) is 11.4. The lowest BCUT2D eigenvalue weighted by molar-refractivity contribution is -0.384. The number of nitrogens with zero attached hydrogens (tertiary/aromatic N) is 4. The van der Waals surface area contributed by atoms with E-state index in [1.54, 1.807) is 0 Å². The quantitative estimate of drug-likeness (QED) is 0.646. The Bertz CT molecular complexity index is 521. The van der Waals surface area contributed by atoms with Crippen LogP contribution in [-0.2, 0) is 0 Å². The largest absolute Gasteiger partial charge is 0.384 e. The molecule has 20 heavy (non-hydrogen) atoms. The number of fused-ring (bicyclic) bond motifs is 1. The van der Waals surface area contributed by atoms with Gasteiger partial charge < -0.3 is 10.6 Å². The molecule has 1 unspecified atom stereocenters. The van der Waals surface area contributed by atoms with Crippen LogP contribution >= 0.6 is 0 Å². The second-order valence-corrected chi connectivity index (χ2v) is 5.47. The van der Waals surface area contributed by atoms with E-state index in [0.29, 0.717) is 17.7 Å². The van der Waals surface area contributed by atoms with Gasteiger partial charge in [0.2, 0.25) is 5.82 Å². The molecule has 7 nitrogen and oxygen atoms in total. The highest BCUT2D eigenvalue weighted by molar-refractivity contribution is 5.61. The summed E-state index contributed by atoms with van der Waals surface area (Å²) in [5.41, 5.74) is 5.74. The van der Waals surface area contributed by atoms with E-state index in [1.165, 1.54) is 25.0 Å². The molecule has 2 saturated heterocycles. The first-order valence-corrected chi connectivity index (χ1v) is 7.05. The fraction of sp³-hybridized carbons (Fsp3) is 0.615. The zero-order valence-electron chi connectivity index (χ0n) is 11.4. The number of anilines is 2. The maximum atomic E-state index is 11.1. The van der Waals surface area contributed by atoms with E-state index >= 15 is 0 Å². The average Bonchev–Trinajstić information content (AvgIpc) is 2.46. The smallest absolute Gasteiger partial charge is 0.311 e. The van der Waals surface area contributed by atoms with E-state index in [1.807, 2.05) is 4.90 Å². The Morgan fingerprint density at radius 2 is 2.15 bits per heavy atom. The molecule has 0 saturated carbocycles. The number of nitro groups is 1. The Morgan fingerprint density at radius 3 is 2.95 bits per heavy atom. The van der Waals surface area contributed by atoms with Gasteiger partial charge >= 0.3 is 5.69 Å². The van der Waals surface area contributed by atoms with Gasteiger partial charge in [-0.3, -0.25) is 15.0 Å². The summed E-state index contributed by atoms with van der Waals surface area (Å²) in [5.74, 6) is 0.747. The van der Waals surface area contributed by atoms with Crippen molar-refractivity contribution < 1.29 is 4.92 Å². The van der Waals surface area contributed by atoms with Gasteiger partial charge in [0.15, 0.2) is 0 Å². The fourth-order valence-corrected chi connectivity index (χ4v) is 3.18. The molecule has 0 spiro atoms. The van der Waals surface area contributed by atoms with E-state index in [0.717, 1.165) is 32.6 Å². The van der Waals surface area contributed by atoms with Crippen molar-refractivity contribution in [1.82, 2.24) is 9.88 Å². The average molecular weight is 277 g/mol. The molecule has 0 bridgehead atoms. The van der Waals surface area contributed by atoms with Crippen molar-refractivity contribution in [3.63, 3.8) is 0 Å². The Labute approximate surface area is 117 Å². The molecule has 2 aliphatic rings. The van der Waals surface area contributed by atoms with Crippen LogP contribution in [-0.4, -0.2) is 47.0 Å². The van der Waals surface area contributed by atoms with Gasteiger partial charge in [-0.15, -0.1) is 0 Å². The van der Waals surface area contributed by atoms with Crippen LogP contribution in [0.1, 0.15) is 19.3 Å². The molecule has 0 radical (unpaired) electrons. The number of hydrogen-bond donors (Lipinski definition) is 1. The summed E-state index contributed by atoms with van der Waals surface area (Å²) in [6, 6.07) is 3.42. The maximum absolute atomic E-state index is 11.1. The monoisotopic (exact) mass is 277 g/mol. The molecule has 2 fully saturated rings. The highest BCUT2D eigenvalue weighted by Crippen LogP contribution is 2.30. The van der Waals surface area contributed by atoms with E-state index < -0.39 is 0 Å². The lowest BCUT2D eigenvalue weighted by atomic mass is 9.99. The molecule has 3 heterocycles. The van der Waals surface area contributed by atoms with E-state index in [9.17, 15) is 10.1 Å². The van der Waals surface area contributed by atoms with Crippen LogP contribution in [0.25, 0.3) is 0 Å².